The number of anilines is 1. The van der Waals surface area contributed by atoms with Crippen LogP contribution in [0.5, 0.6) is 0 Å². The minimum Gasteiger partial charge on any atom is -0.457 e. The molecule has 4 rings (SSSR count). The fraction of sp³-hybridized carbons (Fsp3) is 0.0455. The summed E-state index contributed by atoms with van der Waals surface area (Å²) in [6.07, 6.45) is 1.38. The van der Waals surface area contributed by atoms with Crippen LogP contribution in [0.3, 0.4) is 0 Å². The fourth-order valence-electron chi connectivity index (χ4n) is 2.91. The molecule has 1 N–H and O–H groups in total. The number of rotatable bonds is 5. The van der Waals surface area contributed by atoms with E-state index in [0.29, 0.717) is 34.2 Å². The van der Waals surface area contributed by atoms with Crippen LogP contribution in [0.4, 0.5) is 23.7 Å². The zero-order chi connectivity index (χ0) is 22.8. The molecule has 0 atom stereocenters. The molecule has 0 radical (unpaired) electrons. The van der Waals surface area contributed by atoms with E-state index in [1.807, 2.05) is 35.6 Å². The van der Waals surface area contributed by atoms with Crippen molar-refractivity contribution in [2.45, 2.75) is 0 Å². The Morgan fingerprint density at radius 1 is 1.00 bits per heavy atom. The van der Waals surface area contributed by atoms with Crippen molar-refractivity contribution in [1.82, 2.24) is 4.90 Å². The third-order valence-corrected chi connectivity index (χ3v) is 5.35. The average Bonchev–Trinajstić information content (AvgIpc) is 3.35. The van der Waals surface area contributed by atoms with Crippen molar-refractivity contribution in [3.63, 3.8) is 0 Å². The highest BCUT2D eigenvalue weighted by Gasteiger charge is 2.36. The van der Waals surface area contributed by atoms with Crippen molar-refractivity contribution in [1.29, 1.82) is 0 Å². The van der Waals surface area contributed by atoms with Gasteiger partial charge < -0.3 is 9.73 Å². The number of carbonyl (C=O) groups excluding carboxylic acids is 3. The lowest BCUT2D eigenvalue weighted by Gasteiger charge is -2.13. The average molecular weight is 458 g/mol. The van der Waals surface area contributed by atoms with E-state index in [1.165, 1.54) is 6.08 Å². The minimum absolute atomic E-state index is 0.0377. The van der Waals surface area contributed by atoms with Crippen LogP contribution in [0.1, 0.15) is 5.76 Å². The Hall–Kier alpha value is -3.79. The number of furan rings is 1. The highest BCUT2D eigenvalue weighted by molar-refractivity contribution is 8.18. The quantitative estimate of drug-likeness (QED) is 0.428. The molecule has 3 amide bonds. The first-order valence-electron chi connectivity index (χ1n) is 9.17. The van der Waals surface area contributed by atoms with Crippen LogP contribution in [-0.4, -0.2) is 28.5 Å². The van der Waals surface area contributed by atoms with Gasteiger partial charge >= 0.3 is 0 Å². The van der Waals surface area contributed by atoms with E-state index in [-0.39, 0.29) is 4.91 Å². The number of amides is 3. The largest absolute Gasteiger partial charge is 0.457 e. The number of benzene rings is 2. The number of hydrogen-bond donors (Lipinski definition) is 1. The summed E-state index contributed by atoms with van der Waals surface area (Å²) in [7, 11) is 0. The monoisotopic (exact) mass is 458 g/mol. The Balaban J connectivity index is 1.46. The predicted octanol–water partition coefficient (Wildman–Crippen LogP) is 5.04. The number of imide groups is 1. The van der Waals surface area contributed by atoms with Crippen LogP contribution >= 0.6 is 11.8 Å². The molecule has 1 saturated heterocycles. The van der Waals surface area contributed by atoms with Crippen LogP contribution < -0.4 is 5.32 Å². The van der Waals surface area contributed by atoms with Gasteiger partial charge in [-0.15, -0.1) is 0 Å². The van der Waals surface area contributed by atoms with Crippen molar-refractivity contribution in [2.24, 2.45) is 0 Å². The number of nitrogens with zero attached hydrogens (tertiary/aromatic N) is 1. The highest BCUT2D eigenvalue weighted by Crippen LogP contribution is 2.33. The molecule has 0 spiro atoms. The second kappa shape index (κ2) is 8.75. The Morgan fingerprint density at radius 3 is 2.50 bits per heavy atom. The first kappa shape index (κ1) is 21.4. The molecule has 1 aliphatic rings. The second-order valence-electron chi connectivity index (χ2n) is 6.61. The minimum atomic E-state index is -1.75. The van der Waals surface area contributed by atoms with Crippen LogP contribution in [0.25, 0.3) is 17.4 Å². The molecule has 1 aromatic heterocycles. The lowest BCUT2D eigenvalue weighted by molar-refractivity contribution is -0.127. The summed E-state index contributed by atoms with van der Waals surface area (Å²) < 4.78 is 45.7. The third kappa shape index (κ3) is 4.30. The molecular weight excluding hydrogens is 445 g/mol. The van der Waals surface area contributed by atoms with E-state index >= 15 is 0 Å². The van der Waals surface area contributed by atoms with Crippen molar-refractivity contribution >= 4 is 40.6 Å². The number of thioether (sulfide) groups is 1. The first-order chi connectivity index (χ1) is 15.3. The summed E-state index contributed by atoms with van der Waals surface area (Å²) >= 11 is 0.612. The summed E-state index contributed by atoms with van der Waals surface area (Å²) in [5.74, 6) is -5.53. The summed E-state index contributed by atoms with van der Waals surface area (Å²) in [5, 5.41) is 1.31. The van der Waals surface area contributed by atoms with Gasteiger partial charge in [-0.05, 0) is 36.0 Å². The van der Waals surface area contributed by atoms with E-state index < -0.39 is 46.7 Å². The predicted molar refractivity (Wildman–Crippen MR) is 112 cm³/mol. The van der Waals surface area contributed by atoms with E-state index in [1.54, 1.807) is 12.1 Å². The molecule has 2 heterocycles. The van der Waals surface area contributed by atoms with Gasteiger partial charge in [-0.25, -0.2) is 13.2 Å². The van der Waals surface area contributed by atoms with Gasteiger partial charge in [0.05, 0.1) is 10.6 Å². The molecule has 162 valence electrons. The van der Waals surface area contributed by atoms with Crippen molar-refractivity contribution < 1.29 is 32.0 Å². The molecule has 0 bridgehead atoms. The molecule has 1 fully saturated rings. The third-order valence-electron chi connectivity index (χ3n) is 4.44. The lowest BCUT2D eigenvalue weighted by Crippen LogP contribution is -2.36. The maximum Gasteiger partial charge on any atom is 0.294 e. The maximum absolute atomic E-state index is 13.7. The summed E-state index contributed by atoms with van der Waals surface area (Å²) in [5.41, 5.74) is 0.224. The Morgan fingerprint density at radius 2 is 1.75 bits per heavy atom. The van der Waals surface area contributed by atoms with Gasteiger partial charge in [-0.2, -0.15) is 0 Å². The summed E-state index contributed by atoms with van der Waals surface area (Å²) in [4.78, 5) is 37.6. The van der Waals surface area contributed by atoms with Crippen LogP contribution in [-0.2, 0) is 9.59 Å². The highest BCUT2D eigenvalue weighted by atomic mass is 32.2. The van der Waals surface area contributed by atoms with Gasteiger partial charge in [-0.1, -0.05) is 30.3 Å². The standard InChI is InChI=1S/C22H13F3N2O4S/c23-14-7-8-15(20(25)19(14)24)26-18(28)11-27-21(29)17(32-22(27)30)10-13-6-9-16(31-13)12-4-2-1-3-5-12/h1-10H,11H2,(H,26,28)/b17-10-. The zero-order valence-electron chi connectivity index (χ0n) is 16.1. The number of nitrogens with one attached hydrogen (secondary N) is 1. The smallest absolute Gasteiger partial charge is 0.294 e. The number of carbonyl (C=O) groups is 3. The molecule has 0 unspecified atom stereocenters. The van der Waals surface area contributed by atoms with Gasteiger partial charge in [0.15, 0.2) is 17.5 Å². The van der Waals surface area contributed by atoms with Gasteiger partial charge in [0.25, 0.3) is 11.1 Å². The number of halogens is 3. The van der Waals surface area contributed by atoms with E-state index in [2.05, 4.69) is 0 Å². The molecular formula is C22H13F3N2O4S. The van der Waals surface area contributed by atoms with Crippen LogP contribution in [0, 0.1) is 17.5 Å². The maximum atomic E-state index is 13.7. The van der Waals surface area contributed by atoms with E-state index in [4.69, 9.17) is 4.42 Å². The molecule has 0 saturated carbocycles. The van der Waals surface area contributed by atoms with Gasteiger partial charge in [-0.3, -0.25) is 19.3 Å². The van der Waals surface area contributed by atoms with Crippen LogP contribution in [0.2, 0.25) is 0 Å². The van der Waals surface area contributed by atoms with Gasteiger partial charge in [0.2, 0.25) is 5.91 Å². The van der Waals surface area contributed by atoms with E-state index in [9.17, 15) is 27.6 Å². The lowest BCUT2D eigenvalue weighted by atomic mass is 10.2. The molecule has 1 aliphatic heterocycles. The Kier molecular flexibility index (Phi) is 5.87. The SMILES string of the molecule is O=C(CN1C(=O)S/C(=C\c2ccc(-c3ccccc3)o2)C1=O)Nc1ccc(F)c(F)c1F. The van der Waals surface area contributed by atoms with Crippen molar-refractivity contribution in [2.75, 3.05) is 11.9 Å². The van der Waals surface area contributed by atoms with E-state index in [0.717, 1.165) is 11.6 Å². The molecule has 0 aliphatic carbocycles. The Labute approximate surface area is 183 Å². The number of hydrogen-bond acceptors (Lipinski definition) is 5. The van der Waals surface area contributed by atoms with Crippen molar-refractivity contribution in [3.8, 4) is 11.3 Å². The fourth-order valence-corrected chi connectivity index (χ4v) is 3.73. The summed E-state index contributed by atoms with van der Waals surface area (Å²) in [6.45, 7) is -0.728. The Bertz CT molecular complexity index is 1260. The summed E-state index contributed by atoms with van der Waals surface area (Å²) in [6, 6.07) is 14.1. The molecule has 10 heteroatoms. The van der Waals surface area contributed by atoms with Crippen LogP contribution in [0.15, 0.2) is 63.9 Å². The molecule has 32 heavy (non-hydrogen) atoms. The van der Waals surface area contributed by atoms with Gasteiger partial charge in [0.1, 0.15) is 18.1 Å². The molecule has 6 nitrogen and oxygen atoms in total. The molecule has 3 aromatic rings. The second-order valence-corrected chi connectivity index (χ2v) is 7.60. The topological polar surface area (TPSA) is 79.6 Å². The van der Waals surface area contributed by atoms with Gasteiger partial charge in [0, 0.05) is 11.6 Å². The zero-order valence-corrected chi connectivity index (χ0v) is 16.9. The van der Waals surface area contributed by atoms with Crippen molar-refractivity contribution in [3.05, 3.63) is 82.7 Å². The normalized spacial score (nSPS) is 15.0. The molecule has 2 aromatic carbocycles. The first-order valence-corrected chi connectivity index (χ1v) is 9.99.